The summed E-state index contributed by atoms with van der Waals surface area (Å²) in [4.78, 5) is 25.2. The number of rotatable bonds is 9. The van der Waals surface area contributed by atoms with Gasteiger partial charge < -0.3 is 10.1 Å². The molecular formula is C14H24N2O3. The third-order valence-electron chi connectivity index (χ3n) is 3.32. The number of carbonyl (C=O) groups excluding carboxylic acids is 2. The van der Waals surface area contributed by atoms with Crippen molar-refractivity contribution in [3.05, 3.63) is 12.7 Å². The average Bonchev–Trinajstić information content (AvgIpc) is 2.68. The van der Waals surface area contributed by atoms with Crippen molar-refractivity contribution in [3.63, 3.8) is 0 Å². The van der Waals surface area contributed by atoms with Crippen LogP contribution in [0.25, 0.3) is 0 Å². The van der Waals surface area contributed by atoms with E-state index in [1.807, 2.05) is 13.8 Å². The Morgan fingerprint density at radius 1 is 1.53 bits per heavy atom. The summed E-state index contributed by atoms with van der Waals surface area (Å²) in [5, 5.41) is 3.08. The molecule has 0 radical (unpaired) electrons. The molecule has 1 N–H and O–H groups in total. The highest BCUT2D eigenvalue weighted by molar-refractivity contribution is 6.05. The second kappa shape index (κ2) is 8.07. The van der Waals surface area contributed by atoms with Gasteiger partial charge in [-0.1, -0.05) is 13.0 Å². The Balaban J connectivity index is 2.30. The second-order valence-corrected chi connectivity index (χ2v) is 4.76. The maximum Gasteiger partial charge on any atom is 0.247 e. The zero-order chi connectivity index (χ0) is 14.3. The van der Waals surface area contributed by atoms with E-state index in [1.165, 1.54) is 4.90 Å². The van der Waals surface area contributed by atoms with E-state index >= 15 is 0 Å². The molecule has 2 amide bonds. The van der Waals surface area contributed by atoms with Crippen molar-refractivity contribution in [1.29, 1.82) is 0 Å². The van der Waals surface area contributed by atoms with Crippen LogP contribution in [0.2, 0.25) is 0 Å². The predicted molar refractivity (Wildman–Crippen MR) is 73.6 cm³/mol. The second-order valence-electron chi connectivity index (χ2n) is 4.76. The van der Waals surface area contributed by atoms with E-state index in [0.717, 1.165) is 12.8 Å². The van der Waals surface area contributed by atoms with Crippen molar-refractivity contribution in [2.45, 2.75) is 45.2 Å². The molecule has 0 aromatic heterocycles. The fourth-order valence-electron chi connectivity index (χ4n) is 2.03. The molecule has 0 aromatic carbocycles. The SMILES string of the molecule is C=CCCOCCNC1CC(=O)N(C(C)CC)C1=O. The molecule has 1 rings (SSSR count). The zero-order valence-corrected chi connectivity index (χ0v) is 11.9. The Hall–Kier alpha value is -1.20. The third kappa shape index (κ3) is 4.44. The van der Waals surface area contributed by atoms with Gasteiger partial charge in [0, 0.05) is 12.6 Å². The van der Waals surface area contributed by atoms with Gasteiger partial charge in [0.2, 0.25) is 11.8 Å². The smallest absolute Gasteiger partial charge is 0.247 e. The Kier molecular flexibility index (Phi) is 6.73. The molecular weight excluding hydrogens is 244 g/mol. The van der Waals surface area contributed by atoms with Gasteiger partial charge in [0.05, 0.1) is 25.7 Å². The lowest BCUT2D eigenvalue weighted by Gasteiger charge is -2.21. The number of likely N-dealkylation sites (tertiary alicyclic amines) is 1. The molecule has 1 saturated heterocycles. The molecule has 0 bridgehead atoms. The van der Waals surface area contributed by atoms with Crippen LogP contribution in [0.3, 0.4) is 0 Å². The van der Waals surface area contributed by atoms with Crippen LogP contribution in [0.15, 0.2) is 12.7 Å². The van der Waals surface area contributed by atoms with E-state index in [1.54, 1.807) is 6.08 Å². The van der Waals surface area contributed by atoms with Gasteiger partial charge in [-0.05, 0) is 19.8 Å². The first-order valence-electron chi connectivity index (χ1n) is 6.89. The number of hydrogen-bond donors (Lipinski definition) is 1. The fraction of sp³-hybridized carbons (Fsp3) is 0.714. The monoisotopic (exact) mass is 268 g/mol. The van der Waals surface area contributed by atoms with Crippen molar-refractivity contribution in [3.8, 4) is 0 Å². The van der Waals surface area contributed by atoms with Gasteiger partial charge in [-0.2, -0.15) is 0 Å². The summed E-state index contributed by atoms with van der Waals surface area (Å²) >= 11 is 0. The zero-order valence-electron chi connectivity index (χ0n) is 11.9. The molecule has 1 fully saturated rings. The standard InChI is InChI=1S/C14H24N2O3/c1-4-6-8-19-9-7-15-12-10-13(17)16(14(12)18)11(3)5-2/h4,11-12,15H,1,5-10H2,2-3H3. The molecule has 5 heteroatoms. The predicted octanol–water partition coefficient (Wildman–Crippen LogP) is 1.09. The van der Waals surface area contributed by atoms with Crippen molar-refractivity contribution in [2.75, 3.05) is 19.8 Å². The van der Waals surface area contributed by atoms with Crippen molar-refractivity contribution in [1.82, 2.24) is 10.2 Å². The first-order valence-corrected chi connectivity index (χ1v) is 6.89. The topological polar surface area (TPSA) is 58.6 Å². The number of amides is 2. The molecule has 1 aliphatic rings. The van der Waals surface area contributed by atoms with E-state index < -0.39 is 0 Å². The quantitative estimate of drug-likeness (QED) is 0.386. The highest BCUT2D eigenvalue weighted by Gasteiger charge is 2.40. The largest absolute Gasteiger partial charge is 0.380 e. The highest BCUT2D eigenvalue weighted by atomic mass is 16.5. The number of imide groups is 1. The maximum atomic E-state index is 12.1. The molecule has 0 saturated carbocycles. The number of hydrogen-bond acceptors (Lipinski definition) is 4. The summed E-state index contributed by atoms with van der Waals surface area (Å²) in [7, 11) is 0. The molecule has 19 heavy (non-hydrogen) atoms. The Morgan fingerprint density at radius 3 is 2.89 bits per heavy atom. The highest BCUT2D eigenvalue weighted by Crippen LogP contribution is 2.17. The Morgan fingerprint density at radius 2 is 2.26 bits per heavy atom. The first kappa shape index (κ1) is 15.9. The lowest BCUT2D eigenvalue weighted by Crippen LogP contribution is -2.43. The van der Waals surface area contributed by atoms with E-state index in [-0.39, 0.29) is 30.3 Å². The molecule has 108 valence electrons. The summed E-state index contributed by atoms with van der Waals surface area (Å²) in [5.74, 6) is -0.185. The number of nitrogens with zero attached hydrogens (tertiary/aromatic N) is 1. The van der Waals surface area contributed by atoms with Crippen LogP contribution < -0.4 is 5.32 Å². The minimum atomic E-state index is -0.385. The molecule has 5 nitrogen and oxygen atoms in total. The Labute approximate surface area is 115 Å². The molecule has 1 aliphatic heterocycles. The number of ether oxygens (including phenoxy) is 1. The molecule has 2 unspecified atom stereocenters. The lowest BCUT2D eigenvalue weighted by atomic mass is 10.2. The van der Waals surface area contributed by atoms with Gasteiger partial charge in [0.15, 0.2) is 0 Å². The van der Waals surface area contributed by atoms with E-state index in [0.29, 0.717) is 19.8 Å². The fourth-order valence-corrected chi connectivity index (χ4v) is 2.03. The molecule has 0 aliphatic carbocycles. The molecule has 0 spiro atoms. The number of carbonyl (C=O) groups is 2. The van der Waals surface area contributed by atoms with Gasteiger partial charge in [0.25, 0.3) is 0 Å². The van der Waals surface area contributed by atoms with Gasteiger partial charge >= 0.3 is 0 Å². The van der Waals surface area contributed by atoms with Gasteiger partial charge in [-0.25, -0.2) is 0 Å². The average molecular weight is 268 g/mol. The molecule has 2 atom stereocenters. The molecule has 0 aromatic rings. The van der Waals surface area contributed by atoms with E-state index in [4.69, 9.17) is 4.74 Å². The minimum Gasteiger partial charge on any atom is -0.380 e. The minimum absolute atomic E-state index is 0.0179. The van der Waals surface area contributed by atoms with Crippen molar-refractivity contribution in [2.24, 2.45) is 0 Å². The van der Waals surface area contributed by atoms with E-state index in [2.05, 4.69) is 11.9 Å². The van der Waals surface area contributed by atoms with Crippen LogP contribution in [0, 0.1) is 0 Å². The van der Waals surface area contributed by atoms with Crippen molar-refractivity contribution < 1.29 is 14.3 Å². The van der Waals surface area contributed by atoms with Crippen molar-refractivity contribution >= 4 is 11.8 Å². The summed E-state index contributed by atoms with van der Waals surface area (Å²) in [6.07, 6.45) is 3.67. The van der Waals surface area contributed by atoms with Crippen LogP contribution in [0.5, 0.6) is 0 Å². The van der Waals surface area contributed by atoms with Gasteiger partial charge in [-0.3, -0.25) is 14.5 Å². The van der Waals surface area contributed by atoms with Crippen LogP contribution >= 0.6 is 0 Å². The first-order chi connectivity index (χ1) is 9.11. The summed E-state index contributed by atoms with van der Waals surface area (Å²) in [6, 6.07) is -0.403. The van der Waals surface area contributed by atoms with Crippen LogP contribution in [-0.2, 0) is 14.3 Å². The summed E-state index contributed by atoms with van der Waals surface area (Å²) in [6.45, 7) is 9.24. The summed E-state index contributed by atoms with van der Waals surface area (Å²) < 4.78 is 5.35. The normalized spacial score (nSPS) is 20.9. The number of nitrogens with one attached hydrogen (secondary N) is 1. The van der Waals surface area contributed by atoms with Gasteiger partial charge in [0.1, 0.15) is 0 Å². The van der Waals surface area contributed by atoms with Crippen LogP contribution in [-0.4, -0.2) is 48.6 Å². The van der Waals surface area contributed by atoms with Crippen LogP contribution in [0.1, 0.15) is 33.1 Å². The molecule has 1 heterocycles. The summed E-state index contributed by atoms with van der Waals surface area (Å²) in [5.41, 5.74) is 0. The lowest BCUT2D eigenvalue weighted by molar-refractivity contribution is -0.141. The van der Waals surface area contributed by atoms with Crippen LogP contribution in [0.4, 0.5) is 0 Å². The maximum absolute atomic E-state index is 12.1. The van der Waals surface area contributed by atoms with E-state index in [9.17, 15) is 9.59 Å². The van der Waals surface area contributed by atoms with Gasteiger partial charge in [-0.15, -0.1) is 6.58 Å². The third-order valence-corrected chi connectivity index (χ3v) is 3.32. The Bertz CT molecular complexity index is 331.